The van der Waals surface area contributed by atoms with Crippen LogP contribution in [-0.4, -0.2) is 5.43 Å². The summed E-state index contributed by atoms with van der Waals surface area (Å²) in [5, 5.41) is 0. The molecule has 0 saturated carbocycles. The van der Waals surface area contributed by atoms with Crippen LogP contribution in [0.25, 0.3) is 5.57 Å². The molecule has 0 bridgehead atoms. The van der Waals surface area contributed by atoms with Crippen LogP contribution >= 0.6 is 24.8 Å². The Labute approximate surface area is 228 Å². The molecule has 2 atom stereocenters. The molecular formula is C30H40Cl2SiZr. The molecule has 0 fully saturated rings. The van der Waals surface area contributed by atoms with Crippen LogP contribution in [-0.2, 0) is 20.4 Å². The quantitative estimate of drug-likeness (QED) is 0.313. The zero-order valence-electron chi connectivity index (χ0n) is 22.4. The third-order valence-corrected chi connectivity index (χ3v) is 26.9. The number of rotatable bonds is 3. The van der Waals surface area contributed by atoms with Crippen LogP contribution in [0.5, 0.6) is 0 Å². The maximum Gasteiger partial charge on any atom is -0.147 e. The largest absolute Gasteiger partial charge is 0.147 e. The van der Waals surface area contributed by atoms with Gasteiger partial charge in [0.1, 0.15) is 0 Å². The molecule has 0 amide bonds. The van der Waals surface area contributed by atoms with E-state index in [9.17, 15) is 0 Å². The second-order valence-electron chi connectivity index (χ2n) is 10.3. The molecule has 0 aliphatic heterocycles. The van der Waals surface area contributed by atoms with Crippen LogP contribution in [0.2, 0.25) is 13.1 Å². The Bertz CT molecular complexity index is 1250. The number of benzene rings is 2. The summed E-state index contributed by atoms with van der Waals surface area (Å²) in [5.74, 6) is 0.651. The van der Waals surface area contributed by atoms with Gasteiger partial charge in [0.25, 0.3) is 0 Å². The van der Waals surface area contributed by atoms with Crippen molar-refractivity contribution in [1.82, 2.24) is 0 Å². The van der Waals surface area contributed by atoms with Crippen LogP contribution in [0.3, 0.4) is 0 Å². The van der Waals surface area contributed by atoms with Crippen molar-refractivity contribution in [3.05, 3.63) is 95.4 Å². The molecule has 0 heterocycles. The molecule has 2 aromatic rings. The number of hydrogen-bond donors (Lipinski definition) is 0. The van der Waals surface area contributed by atoms with E-state index in [0.29, 0.717) is 9.54 Å². The van der Waals surface area contributed by atoms with Crippen molar-refractivity contribution < 1.29 is 20.4 Å². The minimum absolute atomic E-state index is 0. The Hall–Kier alpha value is -0.660. The van der Waals surface area contributed by atoms with Crippen molar-refractivity contribution in [3.8, 4) is 0 Å². The molecule has 0 radical (unpaired) electrons. The number of halogens is 2. The third kappa shape index (κ3) is 4.70. The Kier molecular flexibility index (Phi) is 9.71. The first-order valence-electron chi connectivity index (χ1n) is 12.0. The summed E-state index contributed by atoms with van der Waals surface area (Å²) in [6.07, 6.45) is 2.74. The van der Waals surface area contributed by atoms with Crippen molar-refractivity contribution in [2.24, 2.45) is 5.92 Å². The van der Waals surface area contributed by atoms with Crippen LogP contribution in [0.15, 0.2) is 56.4 Å². The third-order valence-electron chi connectivity index (χ3n) is 8.34. The molecule has 0 N–H and O–H groups in total. The fraction of sp³-hybridized carbons (Fsp3) is 0.400. The first-order valence-corrected chi connectivity index (χ1v) is 20.8. The summed E-state index contributed by atoms with van der Waals surface area (Å²) in [5.41, 5.74) is 16.3. The van der Waals surface area contributed by atoms with Crippen LogP contribution in [0, 0.1) is 33.6 Å². The fourth-order valence-electron chi connectivity index (χ4n) is 5.98. The molecule has 34 heavy (non-hydrogen) atoms. The maximum absolute atomic E-state index is 2.74. The van der Waals surface area contributed by atoms with E-state index in [1.807, 2.05) is 3.28 Å². The minimum Gasteiger partial charge on any atom is -0.147 e. The molecule has 2 aliphatic rings. The average Bonchev–Trinajstić information content (AvgIpc) is 3.20. The summed E-state index contributed by atoms with van der Waals surface area (Å²) in [6, 6.07) is 11.7. The molecule has 0 nitrogen and oxygen atoms in total. The van der Waals surface area contributed by atoms with Crippen molar-refractivity contribution in [2.75, 3.05) is 0 Å². The van der Waals surface area contributed by atoms with E-state index in [1.165, 1.54) is 39.0 Å². The zero-order chi connectivity index (χ0) is 23.5. The molecule has 4 heteroatoms. The smallest absolute Gasteiger partial charge is 0.147 e. The van der Waals surface area contributed by atoms with Crippen LogP contribution in [0.1, 0.15) is 70.3 Å². The number of hydrogen-bond acceptors (Lipinski definition) is 0. The number of aryl methyl sites for hydroxylation is 2. The van der Waals surface area contributed by atoms with Gasteiger partial charge in [-0.15, -0.1) is 24.8 Å². The van der Waals surface area contributed by atoms with E-state index >= 15 is 0 Å². The van der Waals surface area contributed by atoms with Gasteiger partial charge in [-0.1, -0.05) is 0 Å². The van der Waals surface area contributed by atoms with Gasteiger partial charge in [-0.25, -0.2) is 0 Å². The summed E-state index contributed by atoms with van der Waals surface area (Å²) in [4.78, 5) is 0. The summed E-state index contributed by atoms with van der Waals surface area (Å²) >= 11 is -1.95. The van der Waals surface area contributed by atoms with E-state index in [0.717, 1.165) is 0 Å². The SMILES string of the molecule is CC1=C(C)C(C)[C]([Zr]([CH]2C=C(c3c(C)c(C)cc(C)c3C)c3ccccc32)=[Si](C)C)=C1C.Cl.Cl. The molecule has 2 aliphatic carbocycles. The number of fused-ring (bicyclic) bond motifs is 1. The zero-order valence-corrected chi connectivity index (χ0v) is 27.5. The van der Waals surface area contributed by atoms with Gasteiger partial charge in [-0.3, -0.25) is 0 Å². The van der Waals surface area contributed by atoms with Crippen molar-refractivity contribution in [2.45, 2.75) is 72.1 Å². The van der Waals surface area contributed by atoms with Gasteiger partial charge < -0.3 is 0 Å². The van der Waals surface area contributed by atoms with E-state index in [2.05, 4.69) is 105 Å². The van der Waals surface area contributed by atoms with Gasteiger partial charge >= 0.3 is 205 Å². The maximum atomic E-state index is 2.74. The van der Waals surface area contributed by atoms with Gasteiger partial charge in [-0.2, -0.15) is 0 Å². The molecule has 4 rings (SSSR count). The summed E-state index contributed by atoms with van der Waals surface area (Å²) < 4.78 is 2.57. The average molecular weight is 591 g/mol. The molecule has 2 aromatic carbocycles. The molecule has 0 saturated heterocycles. The van der Waals surface area contributed by atoms with E-state index in [4.69, 9.17) is 0 Å². The summed E-state index contributed by atoms with van der Waals surface area (Å²) in [7, 11) is 0. The van der Waals surface area contributed by atoms with Crippen LogP contribution in [0.4, 0.5) is 0 Å². The molecule has 0 aromatic heterocycles. The molecule has 0 spiro atoms. The standard InChI is InChI=1S/C19H19.C9H13.C2H6Si.2ClH.Zr/c1-12-11-13(2)15(4)19(14(12)3)18-10-9-16-7-5-6-8-17(16)18;1-6-5-7(2)9(4)8(6)3;1-3-2;;;/h5-11H,1-4H3;6H,1-4H3;1-2H3;2*1H;. The number of allylic oxidation sites excluding steroid dienone is 5. The van der Waals surface area contributed by atoms with Crippen LogP contribution < -0.4 is 0 Å². The second kappa shape index (κ2) is 11.2. The Morgan fingerprint density at radius 3 is 1.85 bits per heavy atom. The predicted molar refractivity (Wildman–Crippen MR) is 154 cm³/mol. The van der Waals surface area contributed by atoms with Gasteiger partial charge in [0.15, 0.2) is 0 Å². The minimum atomic E-state index is -1.95. The van der Waals surface area contributed by atoms with Crippen molar-refractivity contribution >= 4 is 35.8 Å². The Balaban J connectivity index is 0.00000204. The van der Waals surface area contributed by atoms with Gasteiger partial charge in [0.05, 0.1) is 0 Å². The Morgan fingerprint density at radius 1 is 0.794 bits per heavy atom. The van der Waals surface area contributed by atoms with Gasteiger partial charge in [-0.05, 0) is 0 Å². The summed E-state index contributed by atoms with van der Waals surface area (Å²) in [6.45, 7) is 24.1. The monoisotopic (exact) mass is 588 g/mol. The second-order valence-corrected chi connectivity index (χ2v) is 27.7. The normalized spacial score (nSPS) is 18.9. The fourth-order valence-corrected chi connectivity index (χ4v) is 25.7. The van der Waals surface area contributed by atoms with E-state index in [-0.39, 0.29) is 30.2 Å². The predicted octanol–water partition coefficient (Wildman–Crippen LogP) is 9.38. The van der Waals surface area contributed by atoms with Gasteiger partial charge in [0.2, 0.25) is 0 Å². The molecule has 2 unspecified atom stereocenters. The first kappa shape index (κ1) is 29.6. The Morgan fingerprint density at radius 2 is 1.35 bits per heavy atom. The van der Waals surface area contributed by atoms with Gasteiger partial charge in [0, 0.05) is 0 Å². The molecular weight excluding hydrogens is 551 g/mol. The van der Waals surface area contributed by atoms with Crippen molar-refractivity contribution in [1.29, 1.82) is 0 Å². The van der Waals surface area contributed by atoms with E-state index < -0.39 is 20.4 Å². The topological polar surface area (TPSA) is 0 Å². The first-order chi connectivity index (χ1) is 15.1. The molecule has 182 valence electrons. The van der Waals surface area contributed by atoms with Crippen molar-refractivity contribution in [3.63, 3.8) is 0 Å². The van der Waals surface area contributed by atoms with E-state index in [1.54, 1.807) is 22.3 Å².